The minimum atomic E-state index is -0.125. The van der Waals surface area contributed by atoms with E-state index in [4.69, 9.17) is 23.2 Å². The van der Waals surface area contributed by atoms with Crippen LogP contribution in [0.1, 0.15) is 11.1 Å². The second-order valence-corrected chi connectivity index (χ2v) is 5.75. The Morgan fingerprint density at radius 3 is 2.38 bits per heavy atom. The number of carbonyl (C=O) groups excluding carboxylic acids is 1. The number of benzene rings is 2. The molecule has 2 aromatic carbocycles. The first kappa shape index (κ1) is 15.7. The maximum Gasteiger partial charge on any atom is 0.243 e. The molecule has 1 amide bonds. The van der Waals surface area contributed by atoms with Crippen LogP contribution in [0.25, 0.3) is 0 Å². The van der Waals surface area contributed by atoms with E-state index in [1.54, 1.807) is 18.2 Å². The molecule has 0 saturated carbocycles. The number of hydrogen-bond donors (Lipinski definition) is 2. The Morgan fingerprint density at radius 1 is 1.05 bits per heavy atom. The van der Waals surface area contributed by atoms with Gasteiger partial charge in [-0.15, -0.1) is 0 Å². The summed E-state index contributed by atoms with van der Waals surface area (Å²) in [5.74, 6) is -0.125. The Hall–Kier alpha value is -1.71. The molecule has 0 atom stereocenters. The molecule has 2 N–H and O–H groups in total. The van der Waals surface area contributed by atoms with Crippen LogP contribution in [-0.2, 0) is 4.79 Å². The van der Waals surface area contributed by atoms with Crippen molar-refractivity contribution < 1.29 is 4.79 Å². The van der Waals surface area contributed by atoms with E-state index >= 15 is 0 Å². The highest BCUT2D eigenvalue weighted by atomic mass is 35.5. The molecule has 0 aliphatic heterocycles. The molecule has 0 spiro atoms. The van der Waals surface area contributed by atoms with Crippen LogP contribution in [-0.4, -0.2) is 12.5 Å². The normalized spacial score (nSPS) is 10.3. The van der Waals surface area contributed by atoms with E-state index < -0.39 is 0 Å². The van der Waals surface area contributed by atoms with Crippen molar-refractivity contribution in [2.24, 2.45) is 0 Å². The van der Waals surface area contributed by atoms with Crippen LogP contribution in [0.15, 0.2) is 36.4 Å². The summed E-state index contributed by atoms with van der Waals surface area (Å²) in [4.78, 5) is 12.0. The third-order valence-electron chi connectivity index (χ3n) is 2.98. The highest BCUT2D eigenvalue weighted by molar-refractivity contribution is 6.35. The molecule has 0 bridgehead atoms. The predicted octanol–water partition coefficient (Wildman–Crippen LogP) is 4.66. The smallest absolute Gasteiger partial charge is 0.243 e. The number of halogens is 2. The van der Waals surface area contributed by atoms with Gasteiger partial charge in [-0.3, -0.25) is 4.79 Å². The first-order chi connectivity index (χ1) is 9.94. The van der Waals surface area contributed by atoms with E-state index in [0.717, 1.165) is 16.8 Å². The molecule has 0 aromatic heterocycles. The maximum absolute atomic E-state index is 12.0. The SMILES string of the molecule is Cc1ccc(C)c(NC(=O)CNc2cc(Cl)cc(Cl)c2)c1. The van der Waals surface area contributed by atoms with E-state index in [2.05, 4.69) is 10.6 Å². The van der Waals surface area contributed by atoms with Gasteiger partial charge in [-0.1, -0.05) is 35.3 Å². The summed E-state index contributed by atoms with van der Waals surface area (Å²) in [5, 5.41) is 6.94. The van der Waals surface area contributed by atoms with Gasteiger partial charge >= 0.3 is 0 Å². The Labute approximate surface area is 134 Å². The molecule has 2 rings (SSSR count). The molecule has 21 heavy (non-hydrogen) atoms. The molecule has 2 aromatic rings. The van der Waals surface area contributed by atoms with Crippen molar-refractivity contribution in [1.82, 2.24) is 0 Å². The van der Waals surface area contributed by atoms with Crippen LogP contribution < -0.4 is 10.6 Å². The summed E-state index contributed by atoms with van der Waals surface area (Å²) < 4.78 is 0. The van der Waals surface area contributed by atoms with Gasteiger partial charge in [0.2, 0.25) is 5.91 Å². The van der Waals surface area contributed by atoms with Crippen molar-refractivity contribution in [1.29, 1.82) is 0 Å². The number of amides is 1. The van der Waals surface area contributed by atoms with E-state index in [-0.39, 0.29) is 12.5 Å². The fourth-order valence-corrected chi connectivity index (χ4v) is 2.43. The number of rotatable bonds is 4. The quantitative estimate of drug-likeness (QED) is 0.859. The standard InChI is InChI=1S/C16H16Cl2N2O/c1-10-3-4-11(2)15(5-10)20-16(21)9-19-14-7-12(17)6-13(18)8-14/h3-8,19H,9H2,1-2H3,(H,20,21). The highest BCUT2D eigenvalue weighted by Crippen LogP contribution is 2.22. The number of hydrogen-bond acceptors (Lipinski definition) is 2. The molecule has 110 valence electrons. The molecule has 0 aliphatic rings. The molecule has 0 saturated heterocycles. The van der Waals surface area contributed by atoms with Gasteiger partial charge in [0.05, 0.1) is 6.54 Å². The Bertz CT molecular complexity index is 651. The van der Waals surface area contributed by atoms with Crippen molar-refractivity contribution in [3.8, 4) is 0 Å². The molecule has 5 heteroatoms. The summed E-state index contributed by atoms with van der Waals surface area (Å²) in [7, 11) is 0. The minimum Gasteiger partial charge on any atom is -0.376 e. The summed E-state index contributed by atoms with van der Waals surface area (Å²) in [6.45, 7) is 4.09. The van der Waals surface area contributed by atoms with Crippen molar-refractivity contribution in [3.63, 3.8) is 0 Å². The molecular formula is C16H16Cl2N2O. The highest BCUT2D eigenvalue weighted by Gasteiger charge is 2.06. The summed E-state index contributed by atoms with van der Waals surface area (Å²) in [6.07, 6.45) is 0. The predicted molar refractivity (Wildman–Crippen MR) is 89.5 cm³/mol. The fraction of sp³-hybridized carbons (Fsp3) is 0.188. The summed E-state index contributed by atoms with van der Waals surface area (Å²) >= 11 is 11.8. The van der Waals surface area contributed by atoms with Crippen molar-refractivity contribution >= 4 is 40.5 Å². The van der Waals surface area contributed by atoms with Crippen LogP contribution in [0.5, 0.6) is 0 Å². The number of aryl methyl sites for hydroxylation is 2. The van der Waals surface area contributed by atoms with Crippen molar-refractivity contribution in [2.45, 2.75) is 13.8 Å². The number of nitrogens with one attached hydrogen (secondary N) is 2. The van der Waals surface area contributed by atoms with Gasteiger partial charge in [0, 0.05) is 21.4 Å². The Kier molecular flexibility index (Phi) is 5.10. The van der Waals surface area contributed by atoms with E-state index in [1.165, 1.54) is 0 Å². The van der Waals surface area contributed by atoms with Crippen molar-refractivity contribution in [2.75, 3.05) is 17.2 Å². The Balaban J connectivity index is 1.97. The zero-order valence-corrected chi connectivity index (χ0v) is 13.3. The van der Waals surface area contributed by atoms with Gasteiger partial charge in [0.15, 0.2) is 0 Å². The topological polar surface area (TPSA) is 41.1 Å². The molecule has 0 radical (unpaired) electrons. The van der Waals surface area contributed by atoms with Gasteiger partial charge in [-0.05, 0) is 49.2 Å². The molecule has 0 aliphatic carbocycles. The first-order valence-corrected chi connectivity index (χ1v) is 7.27. The maximum atomic E-state index is 12.0. The van der Waals surface area contributed by atoms with Gasteiger partial charge in [0.25, 0.3) is 0 Å². The molecule has 0 unspecified atom stereocenters. The van der Waals surface area contributed by atoms with Crippen LogP contribution in [0.2, 0.25) is 10.0 Å². The number of carbonyl (C=O) groups is 1. The number of anilines is 2. The first-order valence-electron chi connectivity index (χ1n) is 6.51. The lowest BCUT2D eigenvalue weighted by atomic mass is 10.1. The summed E-state index contributed by atoms with van der Waals surface area (Å²) in [5.41, 5.74) is 3.67. The van der Waals surface area contributed by atoms with Crippen LogP contribution >= 0.6 is 23.2 Å². The lowest BCUT2D eigenvalue weighted by Crippen LogP contribution is -2.22. The second kappa shape index (κ2) is 6.83. The molecule has 0 fully saturated rings. The van der Waals surface area contributed by atoms with E-state index in [9.17, 15) is 4.79 Å². The molecule has 0 heterocycles. The second-order valence-electron chi connectivity index (χ2n) is 4.88. The van der Waals surface area contributed by atoms with Crippen LogP contribution in [0, 0.1) is 13.8 Å². The molecular weight excluding hydrogens is 307 g/mol. The van der Waals surface area contributed by atoms with Gasteiger partial charge < -0.3 is 10.6 Å². The van der Waals surface area contributed by atoms with Crippen LogP contribution in [0.4, 0.5) is 11.4 Å². The van der Waals surface area contributed by atoms with Crippen molar-refractivity contribution in [3.05, 3.63) is 57.6 Å². The average molecular weight is 323 g/mol. The summed E-state index contributed by atoms with van der Waals surface area (Å²) in [6, 6.07) is 11.0. The third kappa shape index (κ3) is 4.66. The zero-order valence-electron chi connectivity index (χ0n) is 11.8. The lowest BCUT2D eigenvalue weighted by Gasteiger charge is -2.11. The zero-order chi connectivity index (χ0) is 15.4. The Morgan fingerprint density at radius 2 is 1.71 bits per heavy atom. The largest absolute Gasteiger partial charge is 0.376 e. The molecule has 3 nitrogen and oxygen atoms in total. The van der Waals surface area contributed by atoms with Gasteiger partial charge in [-0.2, -0.15) is 0 Å². The van der Waals surface area contributed by atoms with Gasteiger partial charge in [-0.25, -0.2) is 0 Å². The monoisotopic (exact) mass is 322 g/mol. The average Bonchev–Trinajstić information content (AvgIpc) is 2.40. The van der Waals surface area contributed by atoms with E-state index in [0.29, 0.717) is 15.7 Å². The van der Waals surface area contributed by atoms with Crippen LogP contribution in [0.3, 0.4) is 0 Å². The third-order valence-corrected chi connectivity index (χ3v) is 3.42. The minimum absolute atomic E-state index is 0.125. The van der Waals surface area contributed by atoms with Gasteiger partial charge in [0.1, 0.15) is 0 Å². The fourth-order valence-electron chi connectivity index (χ4n) is 1.90. The van der Waals surface area contributed by atoms with E-state index in [1.807, 2.05) is 32.0 Å². The lowest BCUT2D eigenvalue weighted by molar-refractivity contribution is -0.114.